The van der Waals surface area contributed by atoms with Gasteiger partial charge in [0.25, 0.3) is 0 Å². The molecule has 1 aromatic heterocycles. The van der Waals surface area contributed by atoms with Crippen LogP contribution in [-0.4, -0.2) is 9.78 Å². The van der Waals surface area contributed by atoms with E-state index in [4.69, 9.17) is 11.6 Å². The largest absolute Gasteiger partial charge is 0.272 e. The van der Waals surface area contributed by atoms with Crippen molar-refractivity contribution in [3.8, 4) is 0 Å². The maximum Gasteiger partial charge on any atom is 0.0492 e. The van der Waals surface area contributed by atoms with Crippen molar-refractivity contribution in [1.29, 1.82) is 0 Å². The Morgan fingerprint density at radius 1 is 1.21 bits per heavy atom. The van der Waals surface area contributed by atoms with Crippen LogP contribution in [0.5, 0.6) is 0 Å². The molecule has 72 valence electrons. The first-order chi connectivity index (χ1) is 6.75. The van der Waals surface area contributed by atoms with Crippen molar-refractivity contribution in [3.05, 3.63) is 52.8 Å². The molecule has 0 saturated carbocycles. The van der Waals surface area contributed by atoms with Gasteiger partial charge in [-0.05, 0) is 23.8 Å². The lowest BCUT2D eigenvalue weighted by atomic mass is 10.1. The van der Waals surface area contributed by atoms with E-state index in [1.165, 1.54) is 11.3 Å². The molecule has 0 aliphatic heterocycles. The number of hydrogen-bond acceptors (Lipinski definition) is 1. The second-order valence-electron chi connectivity index (χ2n) is 3.25. The number of aryl methyl sites for hydroxylation is 1. The third-order valence-electron chi connectivity index (χ3n) is 2.22. The summed E-state index contributed by atoms with van der Waals surface area (Å²) < 4.78 is 1.88. The molecule has 0 atom stereocenters. The second-order valence-corrected chi connectivity index (χ2v) is 3.69. The Morgan fingerprint density at radius 3 is 2.50 bits per heavy atom. The highest BCUT2D eigenvalue weighted by atomic mass is 35.5. The van der Waals surface area contributed by atoms with E-state index in [-0.39, 0.29) is 0 Å². The van der Waals surface area contributed by atoms with Gasteiger partial charge in [0.15, 0.2) is 0 Å². The van der Waals surface area contributed by atoms with E-state index in [0.29, 0.717) is 0 Å². The Hall–Kier alpha value is -1.28. The molecule has 2 aromatic rings. The molecule has 0 spiro atoms. The molecule has 14 heavy (non-hydrogen) atoms. The molecular weight excluding hydrogens is 196 g/mol. The summed E-state index contributed by atoms with van der Waals surface area (Å²) in [5.41, 5.74) is 2.45. The molecule has 0 aliphatic carbocycles. The van der Waals surface area contributed by atoms with Crippen LogP contribution in [0.15, 0.2) is 36.5 Å². The van der Waals surface area contributed by atoms with Crippen molar-refractivity contribution in [1.82, 2.24) is 9.78 Å². The molecule has 0 radical (unpaired) electrons. The highest BCUT2D eigenvalue weighted by molar-refractivity contribution is 6.30. The normalized spacial score (nSPS) is 10.4. The van der Waals surface area contributed by atoms with E-state index in [1.54, 1.807) is 0 Å². The van der Waals surface area contributed by atoms with Gasteiger partial charge < -0.3 is 0 Å². The highest BCUT2D eigenvalue weighted by Crippen LogP contribution is 2.12. The van der Waals surface area contributed by atoms with E-state index < -0.39 is 0 Å². The van der Waals surface area contributed by atoms with Gasteiger partial charge >= 0.3 is 0 Å². The molecule has 0 N–H and O–H groups in total. The van der Waals surface area contributed by atoms with Crippen LogP contribution in [0.4, 0.5) is 0 Å². The van der Waals surface area contributed by atoms with Crippen molar-refractivity contribution in [2.45, 2.75) is 6.42 Å². The lowest BCUT2D eigenvalue weighted by Gasteiger charge is -2.02. The smallest absolute Gasteiger partial charge is 0.0492 e. The number of halogens is 1. The number of aromatic nitrogens is 2. The summed E-state index contributed by atoms with van der Waals surface area (Å²) in [6.45, 7) is 0. The summed E-state index contributed by atoms with van der Waals surface area (Å²) in [7, 11) is 1.95. The van der Waals surface area contributed by atoms with Crippen molar-refractivity contribution in [2.24, 2.45) is 7.05 Å². The molecule has 0 unspecified atom stereocenters. The van der Waals surface area contributed by atoms with Crippen molar-refractivity contribution in [3.63, 3.8) is 0 Å². The summed E-state index contributed by atoms with van der Waals surface area (Å²) in [5, 5.41) is 4.90. The summed E-state index contributed by atoms with van der Waals surface area (Å²) >= 11 is 5.81. The molecule has 0 bridgehead atoms. The fourth-order valence-electron chi connectivity index (χ4n) is 1.39. The number of benzene rings is 1. The maximum absolute atomic E-state index is 5.81. The van der Waals surface area contributed by atoms with Gasteiger partial charge in [0, 0.05) is 30.4 Å². The molecular formula is C11H11ClN2. The SMILES string of the molecule is Cn1nccc1Cc1ccc(Cl)cc1. The summed E-state index contributed by atoms with van der Waals surface area (Å²) in [6.07, 6.45) is 2.71. The van der Waals surface area contributed by atoms with Gasteiger partial charge in [0.2, 0.25) is 0 Å². The minimum absolute atomic E-state index is 0.777. The number of hydrogen-bond donors (Lipinski definition) is 0. The Balaban J connectivity index is 2.19. The first kappa shape index (κ1) is 9.28. The van der Waals surface area contributed by atoms with Gasteiger partial charge in [-0.1, -0.05) is 23.7 Å². The van der Waals surface area contributed by atoms with Gasteiger partial charge in [0.1, 0.15) is 0 Å². The van der Waals surface area contributed by atoms with Crippen LogP contribution in [0.1, 0.15) is 11.3 Å². The van der Waals surface area contributed by atoms with Gasteiger partial charge in [0.05, 0.1) is 0 Å². The van der Waals surface area contributed by atoms with Crippen LogP contribution in [-0.2, 0) is 13.5 Å². The molecule has 2 rings (SSSR count). The molecule has 1 heterocycles. The van der Waals surface area contributed by atoms with Crippen molar-refractivity contribution in [2.75, 3.05) is 0 Å². The van der Waals surface area contributed by atoms with Gasteiger partial charge in [-0.15, -0.1) is 0 Å². The lowest BCUT2D eigenvalue weighted by molar-refractivity contribution is 0.724. The van der Waals surface area contributed by atoms with E-state index in [1.807, 2.05) is 48.3 Å². The molecule has 1 aromatic carbocycles. The first-order valence-corrected chi connectivity index (χ1v) is 4.85. The molecule has 0 amide bonds. The predicted molar refractivity (Wildman–Crippen MR) is 57.5 cm³/mol. The Kier molecular flexibility index (Phi) is 2.55. The van der Waals surface area contributed by atoms with Crippen LogP contribution in [0.25, 0.3) is 0 Å². The minimum atomic E-state index is 0.777. The molecule has 0 saturated heterocycles. The van der Waals surface area contributed by atoms with E-state index >= 15 is 0 Å². The molecule has 0 fully saturated rings. The Morgan fingerprint density at radius 2 is 1.93 bits per heavy atom. The second kappa shape index (κ2) is 3.84. The summed E-state index contributed by atoms with van der Waals surface area (Å²) in [6, 6.07) is 9.92. The van der Waals surface area contributed by atoms with Gasteiger partial charge in [-0.2, -0.15) is 5.10 Å². The summed E-state index contributed by atoms with van der Waals surface area (Å²) in [5.74, 6) is 0. The highest BCUT2D eigenvalue weighted by Gasteiger charge is 1.99. The fourth-order valence-corrected chi connectivity index (χ4v) is 1.51. The van der Waals surface area contributed by atoms with Gasteiger partial charge in [-0.25, -0.2) is 0 Å². The topological polar surface area (TPSA) is 17.8 Å². The summed E-state index contributed by atoms with van der Waals surface area (Å²) in [4.78, 5) is 0. The maximum atomic E-state index is 5.81. The van der Waals surface area contributed by atoms with E-state index in [9.17, 15) is 0 Å². The molecule has 2 nitrogen and oxygen atoms in total. The number of rotatable bonds is 2. The average molecular weight is 207 g/mol. The van der Waals surface area contributed by atoms with Crippen molar-refractivity contribution < 1.29 is 0 Å². The zero-order valence-corrected chi connectivity index (χ0v) is 8.70. The standard InChI is InChI=1S/C11H11ClN2/c1-14-11(6-7-13-14)8-9-2-4-10(12)5-3-9/h2-7H,8H2,1H3. The molecule has 0 aliphatic rings. The Labute approximate surface area is 88.1 Å². The predicted octanol–water partition coefficient (Wildman–Crippen LogP) is 2.66. The van der Waals surface area contributed by atoms with Crippen LogP contribution in [0.2, 0.25) is 5.02 Å². The Bertz CT molecular complexity index is 417. The van der Waals surface area contributed by atoms with Crippen LogP contribution in [0.3, 0.4) is 0 Å². The van der Waals surface area contributed by atoms with E-state index in [0.717, 1.165) is 11.4 Å². The first-order valence-electron chi connectivity index (χ1n) is 4.47. The lowest BCUT2D eigenvalue weighted by Crippen LogP contribution is -1.98. The third kappa shape index (κ3) is 1.96. The van der Waals surface area contributed by atoms with Gasteiger partial charge in [-0.3, -0.25) is 4.68 Å². The molecule has 3 heteroatoms. The number of nitrogens with zero attached hydrogens (tertiary/aromatic N) is 2. The third-order valence-corrected chi connectivity index (χ3v) is 2.47. The van der Waals surface area contributed by atoms with Crippen LogP contribution in [0, 0.1) is 0 Å². The zero-order valence-electron chi connectivity index (χ0n) is 7.94. The van der Waals surface area contributed by atoms with E-state index in [2.05, 4.69) is 5.10 Å². The average Bonchev–Trinajstić information content (AvgIpc) is 2.56. The van der Waals surface area contributed by atoms with Crippen molar-refractivity contribution >= 4 is 11.6 Å². The minimum Gasteiger partial charge on any atom is -0.272 e. The zero-order chi connectivity index (χ0) is 9.97. The fraction of sp³-hybridized carbons (Fsp3) is 0.182. The van der Waals surface area contributed by atoms with Crippen LogP contribution < -0.4 is 0 Å². The monoisotopic (exact) mass is 206 g/mol. The quantitative estimate of drug-likeness (QED) is 0.739. The van der Waals surface area contributed by atoms with Crippen LogP contribution >= 0.6 is 11.6 Å².